The first-order chi connectivity index (χ1) is 11.5. The molecule has 6 nitrogen and oxygen atoms in total. The van der Waals surface area contributed by atoms with Crippen LogP contribution in [0.1, 0.15) is 30.3 Å². The Hall–Kier alpha value is -2.25. The number of nitrogens with zero attached hydrogens (tertiary/aromatic N) is 2. The predicted octanol–water partition coefficient (Wildman–Crippen LogP) is 3.18. The lowest BCUT2D eigenvalue weighted by Gasteiger charge is -2.15. The monoisotopic (exact) mass is 347 g/mol. The maximum atomic E-state index is 12.0. The Morgan fingerprint density at radius 3 is 2.58 bits per heavy atom. The molecule has 0 fully saturated rings. The summed E-state index contributed by atoms with van der Waals surface area (Å²) in [5.74, 6) is -1.09. The van der Waals surface area contributed by atoms with Gasteiger partial charge >= 0.3 is 5.97 Å². The van der Waals surface area contributed by atoms with E-state index in [9.17, 15) is 9.59 Å². The molecule has 0 aliphatic carbocycles. The Morgan fingerprint density at radius 1 is 1.29 bits per heavy atom. The molecule has 1 aromatic heterocycles. The number of thiazole rings is 1. The van der Waals surface area contributed by atoms with Crippen LogP contribution >= 0.6 is 11.3 Å². The van der Waals surface area contributed by atoms with Crippen LogP contribution in [0.4, 0.5) is 5.69 Å². The van der Waals surface area contributed by atoms with Crippen LogP contribution in [0.25, 0.3) is 10.6 Å². The van der Waals surface area contributed by atoms with Gasteiger partial charge in [-0.25, -0.2) is 9.78 Å². The lowest BCUT2D eigenvalue weighted by molar-refractivity contribution is -0.117. The molecule has 1 amide bonds. The van der Waals surface area contributed by atoms with Crippen molar-refractivity contribution in [2.75, 3.05) is 25.5 Å². The van der Waals surface area contributed by atoms with Crippen LogP contribution in [0.2, 0.25) is 0 Å². The lowest BCUT2D eigenvalue weighted by Crippen LogP contribution is -2.30. The van der Waals surface area contributed by atoms with E-state index in [1.165, 1.54) is 16.7 Å². The summed E-state index contributed by atoms with van der Waals surface area (Å²) in [5, 5.41) is 13.9. The first-order valence-corrected chi connectivity index (χ1v) is 8.65. The van der Waals surface area contributed by atoms with E-state index in [4.69, 9.17) is 5.11 Å². The number of nitrogens with one attached hydrogen (secondary N) is 1. The van der Waals surface area contributed by atoms with E-state index >= 15 is 0 Å². The van der Waals surface area contributed by atoms with Crippen molar-refractivity contribution < 1.29 is 14.7 Å². The van der Waals surface area contributed by atoms with E-state index in [1.54, 1.807) is 12.1 Å². The number of amides is 1. The van der Waals surface area contributed by atoms with Crippen LogP contribution in [-0.2, 0) is 4.79 Å². The number of likely N-dealkylation sites (N-methyl/N-ethyl adjacent to an activating group) is 1. The average Bonchev–Trinajstić information content (AvgIpc) is 3.03. The lowest BCUT2D eigenvalue weighted by atomic mass is 10.2. The van der Waals surface area contributed by atoms with Gasteiger partial charge in [0.15, 0.2) is 5.69 Å². The zero-order valence-corrected chi connectivity index (χ0v) is 14.6. The van der Waals surface area contributed by atoms with Crippen molar-refractivity contribution in [2.24, 2.45) is 0 Å². The number of aromatic nitrogens is 1. The molecule has 2 rings (SSSR count). The molecule has 0 saturated heterocycles. The van der Waals surface area contributed by atoms with Gasteiger partial charge < -0.3 is 10.4 Å². The number of benzene rings is 1. The summed E-state index contributed by atoms with van der Waals surface area (Å²) in [5.41, 5.74) is 1.58. The van der Waals surface area contributed by atoms with E-state index in [0.29, 0.717) is 17.2 Å². The van der Waals surface area contributed by atoms with Gasteiger partial charge in [0.1, 0.15) is 5.01 Å². The van der Waals surface area contributed by atoms with E-state index in [-0.39, 0.29) is 11.6 Å². The zero-order chi connectivity index (χ0) is 17.5. The van der Waals surface area contributed by atoms with Crippen molar-refractivity contribution in [3.8, 4) is 10.6 Å². The molecule has 1 heterocycles. The molecule has 7 heteroatoms. The molecule has 0 aliphatic heterocycles. The van der Waals surface area contributed by atoms with Gasteiger partial charge in [-0.05, 0) is 44.3 Å². The summed E-state index contributed by atoms with van der Waals surface area (Å²) in [6.45, 7) is 3.38. The molecule has 2 aromatic rings. The predicted molar refractivity (Wildman–Crippen MR) is 95.5 cm³/mol. The van der Waals surface area contributed by atoms with Gasteiger partial charge in [0.25, 0.3) is 0 Å². The molecular weight excluding hydrogens is 326 g/mol. The van der Waals surface area contributed by atoms with Gasteiger partial charge in [0.2, 0.25) is 5.91 Å². The van der Waals surface area contributed by atoms with Crippen LogP contribution < -0.4 is 5.32 Å². The summed E-state index contributed by atoms with van der Waals surface area (Å²) in [6, 6.07) is 7.23. The van der Waals surface area contributed by atoms with Crippen molar-refractivity contribution in [3.63, 3.8) is 0 Å². The fourth-order valence-electron chi connectivity index (χ4n) is 2.15. The number of hydrogen-bond donors (Lipinski definition) is 2. The summed E-state index contributed by atoms with van der Waals surface area (Å²) < 4.78 is 0. The van der Waals surface area contributed by atoms with Crippen molar-refractivity contribution in [1.29, 1.82) is 0 Å². The second-order valence-electron chi connectivity index (χ2n) is 5.56. The van der Waals surface area contributed by atoms with E-state index in [2.05, 4.69) is 17.2 Å². The Labute approximate surface area is 145 Å². The summed E-state index contributed by atoms with van der Waals surface area (Å²) in [7, 11) is 1.93. The fourth-order valence-corrected chi connectivity index (χ4v) is 2.95. The molecule has 0 bridgehead atoms. The number of rotatable bonds is 8. The van der Waals surface area contributed by atoms with Crippen LogP contribution in [0.15, 0.2) is 29.6 Å². The van der Waals surface area contributed by atoms with Crippen molar-refractivity contribution in [2.45, 2.75) is 19.8 Å². The largest absolute Gasteiger partial charge is 0.476 e. The van der Waals surface area contributed by atoms with E-state index in [0.717, 1.165) is 24.9 Å². The molecule has 0 radical (unpaired) electrons. The Kier molecular flexibility index (Phi) is 6.45. The maximum Gasteiger partial charge on any atom is 0.355 e. The highest BCUT2D eigenvalue weighted by Crippen LogP contribution is 2.25. The van der Waals surface area contributed by atoms with Gasteiger partial charge in [-0.2, -0.15) is 0 Å². The number of carboxylic acids is 1. The fraction of sp³-hybridized carbons (Fsp3) is 0.353. The molecule has 0 atom stereocenters. The maximum absolute atomic E-state index is 12.0. The molecule has 0 aliphatic rings. The minimum atomic E-state index is -1.03. The third kappa shape index (κ3) is 5.14. The van der Waals surface area contributed by atoms with Crippen LogP contribution in [0.5, 0.6) is 0 Å². The summed E-state index contributed by atoms with van der Waals surface area (Å²) >= 11 is 1.28. The summed E-state index contributed by atoms with van der Waals surface area (Å²) in [6.07, 6.45) is 2.18. The van der Waals surface area contributed by atoms with Crippen molar-refractivity contribution in [3.05, 3.63) is 35.3 Å². The van der Waals surface area contributed by atoms with Crippen molar-refractivity contribution in [1.82, 2.24) is 9.88 Å². The van der Waals surface area contributed by atoms with Crippen LogP contribution in [0.3, 0.4) is 0 Å². The molecule has 0 unspecified atom stereocenters. The number of carboxylic acid groups (broad SMARTS) is 1. The Morgan fingerprint density at radius 2 is 2.00 bits per heavy atom. The molecule has 0 saturated carbocycles. The highest BCUT2D eigenvalue weighted by atomic mass is 32.1. The minimum Gasteiger partial charge on any atom is -0.476 e. The number of aromatic carboxylic acids is 1. The van der Waals surface area contributed by atoms with Gasteiger partial charge in [0, 0.05) is 16.6 Å². The molecule has 1 aromatic carbocycles. The first kappa shape index (κ1) is 18.1. The van der Waals surface area contributed by atoms with Gasteiger partial charge in [0.05, 0.1) is 6.54 Å². The second kappa shape index (κ2) is 8.56. The molecule has 2 N–H and O–H groups in total. The number of unbranched alkanes of at least 4 members (excludes halogenated alkanes) is 1. The highest BCUT2D eigenvalue weighted by Gasteiger charge is 2.11. The van der Waals surface area contributed by atoms with E-state index < -0.39 is 5.97 Å². The number of anilines is 1. The smallest absolute Gasteiger partial charge is 0.355 e. The summed E-state index contributed by atoms with van der Waals surface area (Å²) in [4.78, 5) is 28.9. The number of hydrogen-bond acceptors (Lipinski definition) is 5. The van der Waals surface area contributed by atoms with Gasteiger partial charge in [-0.1, -0.05) is 13.3 Å². The molecule has 128 valence electrons. The normalized spacial score (nSPS) is 10.8. The van der Waals surface area contributed by atoms with Gasteiger partial charge in [-0.15, -0.1) is 11.3 Å². The number of carbonyl (C=O) groups is 2. The van der Waals surface area contributed by atoms with Gasteiger partial charge in [-0.3, -0.25) is 9.69 Å². The SMILES string of the molecule is CCCCN(C)CC(=O)Nc1ccc(-c2nc(C(=O)O)cs2)cc1. The average molecular weight is 347 g/mol. The number of carbonyl (C=O) groups excluding carboxylic acids is 1. The van der Waals surface area contributed by atoms with Crippen molar-refractivity contribution >= 4 is 28.9 Å². The Bertz CT molecular complexity index is 697. The molecular formula is C17H21N3O3S. The standard InChI is InChI=1S/C17H21N3O3S/c1-3-4-9-20(2)10-15(21)18-13-7-5-12(6-8-13)16-19-14(11-24-16)17(22)23/h5-8,11H,3-4,9-10H2,1-2H3,(H,18,21)(H,22,23). The quantitative estimate of drug-likeness (QED) is 0.766. The topological polar surface area (TPSA) is 82.5 Å². The first-order valence-electron chi connectivity index (χ1n) is 7.77. The Balaban J connectivity index is 1.94. The van der Waals surface area contributed by atoms with Crippen LogP contribution in [0, 0.1) is 0 Å². The minimum absolute atomic E-state index is 0.0440. The highest BCUT2D eigenvalue weighted by molar-refractivity contribution is 7.13. The second-order valence-corrected chi connectivity index (χ2v) is 6.42. The molecule has 24 heavy (non-hydrogen) atoms. The zero-order valence-electron chi connectivity index (χ0n) is 13.8. The molecule has 0 spiro atoms. The van der Waals surface area contributed by atoms with Crippen LogP contribution in [-0.4, -0.2) is 47.0 Å². The van der Waals surface area contributed by atoms with E-state index in [1.807, 2.05) is 24.1 Å². The third-order valence-electron chi connectivity index (χ3n) is 3.45. The third-order valence-corrected chi connectivity index (χ3v) is 4.34.